The molecular formula is C13H18N2O3S. The summed E-state index contributed by atoms with van der Waals surface area (Å²) in [5.41, 5.74) is 1.01. The van der Waals surface area contributed by atoms with Gasteiger partial charge in [0.25, 0.3) is 0 Å². The van der Waals surface area contributed by atoms with Crippen molar-refractivity contribution in [2.24, 2.45) is 0 Å². The Hall–Kier alpha value is -1.56. The van der Waals surface area contributed by atoms with E-state index in [2.05, 4.69) is 10.6 Å². The van der Waals surface area contributed by atoms with Gasteiger partial charge in [-0.15, -0.1) is 0 Å². The highest BCUT2D eigenvalue weighted by Gasteiger charge is 2.29. The molecule has 104 valence electrons. The van der Waals surface area contributed by atoms with Crippen LogP contribution < -0.4 is 10.6 Å². The molecule has 0 aliphatic carbocycles. The molecule has 2 amide bonds. The van der Waals surface area contributed by atoms with Crippen molar-refractivity contribution in [1.82, 2.24) is 10.6 Å². The highest BCUT2D eigenvalue weighted by atomic mass is 32.2. The van der Waals surface area contributed by atoms with E-state index in [1.807, 2.05) is 37.3 Å². The fourth-order valence-electron chi connectivity index (χ4n) is 2.16. The topological polar surface area (TPSA) is 75.3 Å². The number of carbonyl (C=O) groups is 1. The van der Waals surface area contributed by atoms with Gasteiger partial charge < -0.3 is 10.6 Å². The van der Waals surface area contributed by atoms with E-state index in [-0.39, 0.29) is 29.6 Å². The molecule has 0 radical (unpaired) electrons. The van der Waals surface area contributed by atoms with E-state index in [4.69, 9.17) is 0 Å². The summed E-state index contributed by atoms with van der Waals surface area (Å²) in [6.07, 6.45) is 0.496. The third-order valence-corrected chi connectivity index (χ3v) is 4.98. The van der Waals surface area contributed by atoms with E-state index >= 15 is 0 Å². The van der Waals surface area contributed by atoms with Crippen LogP contribution in [0.1, 0.15) is 24.9 Å². The number of hydrogen-bond donors (Lipinski definition) is 2. The Morgan fingerprint density at radius 3 is 2.58 bits per heavy atom. The second-order valence-electron chi connectivity index (χ2n) is 4.85. The lowest BCUT2D eigenvalue weighted by Gasteiger charge is -2.17. The lowest BCUT2D eigenvalue weighted by molar-refractivity contribution is 0.235. The number of sulfone groups is 1. The SMILES string of the molecule is CC(NC(=O)NC1CCS(=O)(=O)C1)c1ccccc1. The van der Waals surface area contributed by atoms with Gasteiger partial charge in [-0.3, -0.25) is 0 Å². The van der Waals surface area contributed by atoms with Crippen LogP contribution in [-0.4, -0.2) is 32.0 Å². The smallest absolute Gasteiger partial charge is 0.315 e. The van der Waals surface area contributed by atoms with Crippen molar-refractivity contribution < 1.29 is 13.2 Å². The lowest BCUT2D eigenvalue weighted by atomic mass is 10.1. The second kappa shape index (κ2) is 5.61. The maximum Gasteiger partial charge on any atom is 0.315 e. The minimum absolute atomic E-state index is 0.0418. The molecule has 0 saturated carbocycles. The summed E-state index contributed by atoms with van der Waals surface area (Å²) < 4.78 is 22.6. The van der Waals surface area contributed by atoms with Crippen LogP contribution in [0, 0.1) is 0 Å². The summed E-state index contributed by atoms with van der Waals surface area (Å²) >= 11 is 0. The number of nitrogens with one attached hydrogen (secondary N) is 2. The molecule has 1 aromatic rings. The van der Waals surface area contributed by atoms with Crippen molar-refractivity contribution in [1.29, 1.82) is 0 Å². The molecule has 2 rings (SSSR count). The zero-order valence-corrected chi connectivity index (χ0v) is 11.6. The fraction of sp³-hybridized carbons (Fsp3) is 0.462. The summed E-state index contributed by atoms with van der Waals surface area (Å²) in [5, 5.41) is 5.51. The summed E-state index contributed by atoms with van der Waals surface area (Å²) in [6.45, 7) is 1.89. The van der Waals surface area contributed by atoms with E-state index in [1.54, 1.807) is 0 Å². The monoisotopic (exact) mass is 282 g/mol. The van der Waals surface area contributed by atoms with E-state index in [0.29, 0.717) is 6.42 Å². The highest BCUT2D eigenvalue weighted by molar-refractivity contribution is 7.91. The van der Waals surface area contributed by atoms with Gasteiger partial charge in [-0.1, -0.05) is 30.3 Å². The zero-order valence-electron chi connectivity index (χ0n) is 10.8. The molecule has 2 N–H and O–H groups in total. The molecule has 1 aliphatic heterocycles. The molecule has 1 aliphatic rings. The Labute approximate surface area is 113 Å². The van der Waals surface area contributed by atoms with E-state index in [9.17, 15) is 13.2 Å². The molecule has 5 nitrogen and oxygen atoms in total. The Balaban J connectivity index is 1.85. The zero-order chi connectivity index (χ0) is 13.9. The van der Waals surface area contributed by atoms with Gasteiger partial charge >= 0.3 is 6.03 Å². The van der Waals surface area contributed by atoms with Crippen LogP contribution in [0.5, 0.6) is 0 Å². The number of hydrogen-bond acceptors (Lipinski definition) is 3. The van der Waals surface area contributed by atoms with Gasteiger partial charge in [0.1, 0.15) is 0 Å². The van der Waals surface area contributed by atoms with Gasteiger partial charge in [0.2, 0.25) is 0 Å². The van der Waals surface area contributed by atoms with Gasteiger partial charge in [0, 0.05) is 6.04 Å². The Morgan fingerprint density at radius 2 is 2.00 bits per heavy atom. The second-order valence-corrected chi connectivity index (χ2v) is 7.08. The van der Waals surface area contributed by atoms with Crippen LogP contribution in [0.25, 0.3) is 0 Å². The van der Waals surface area contributed by atoms with Crippen LogP contribution >= 0.6 is 0 Å². The van der Waals surface area contributed by atoms with E-state index < -0.39 is 9.84 Å². The molecule has 2 atom stereocenters. The summed E-state index contributed by atoms with van der Waals surface area (Å²) in [6, 6.07) is 8.91. The largest absolute Gasteiger partial charge is 0.334 e. The molecule has 0 bridgehead atoms. The predicted molar refractivity (Wildman–Crippen MR) is 73.6 cm³/mol. The first-order valence-electron chi connectivity index (χ1n) is 6.29. The van der Waals surface area contributed by atoms with Crippen LogP contribution in [-0.2, 0) is 9.84 Å². The van der Waals surface area contributed by atoms with Crippen molar-refractivity contribution in [2.75, 3.05) is 11.5 Å². The minimum atomic E-state index is -2.96. The van der Waals surface area contributed by atoms with Gasteiger partial charge in [0.15, 0.2) is 9.84 Å². The molecule has 0 aromatic heterocycles. The number of urea groups is 1. The predicted octanol–water partition coefficient (Wildman–Crippen LogP) is 1.23. The molecule has 1 aromatic carbocycles. The molecule has 1 saturated heterocycles. The summed E-state index contributed by atoms with van der Waals surface area (Å²) in [7, 11) is -2.96. The van der Waals surface area contributed by atoms with Gasteiger partial charge in [-0.2, -0.15) is 0 Å². The van der Waals surface area contributed by atoms with E-state index in [1.165, 1.54) is 0 Å². The fourth-order valence-corrected chi connectivity index (χ4v) is 3.83. The third kappa shape index (κ3) is 3.96. The molecular weight excluding hydrogens is 264 g/mol. The van der Waals surface area contributed by atoms with Crippen molar-refractivity contribution >= 4 is 15.9 Å². The van der Waals surface area contributed by atoms with Crippen molar-refractivity contribution in [2.45, 2.75) is 25.4 Å². The maximum atomic E-state index is 11.8. The molecule has 1 fully saturated rings. The Morgan fingerprint density at radius 1 is 1.32 bits per heavy atom. The van der Waals surface area contributed by atoms with Gasteiger partial charge in [0.05, 0.1) is 17.5 Å². The number of carbonyl (C=O) groups excluding carboxylic acids is 1. The first-order chi connectivity index (χ1) is 8.96. The van der Waals surface area contributed by atoms with Crippen molar-refractivity contribution in [3.8, 4) is 0 Å². The average Bonchev–Trinajstić information content (AvgIpc) is 2.69. The first-order valence-corrected chi connectivity index (χ1v) is 8.11. The molecule has 1 heterocycles. The summed E-state index contributed by atoms with van der Waals surface area (Å²) in [4.78, 5) is 11.8. The normalized spacial score (nSPS) is 22.7. The number of rotatable bonds is 3. The standard InChI is InChI=1S/C13H18N2O3S/c1-10(11-5-3-2-4-6-11)14-13(16)15-12-7-8-19(17,18)9-12/h2-6,10,12H,7-9H2,1H3,(H2,14,15,16). The van der Waals surface area contributed by atoms with E-state index in [0.717, 1.165) is 5.56 Å². The molecule has 0 spiro atoms. The van der Waals surface area contributed by atoms with Crippen molar-refractivity contribution in [3.63, 3.8) is 0 Å². The molecule has 19 heavy (non-hydrogen) atoms. The highest BCUT2D eigenvalue weighted by Crippen LogP contribution is 2.13. The number of amides is 2. The average molecular weight is 282 g/mol. The van der Waals surface area contributed by atoms with Crippen LogP contribution in [0.15, 0.2) is 30.3 Å². The minimum Gasteiger partial charge on any atom is -0.334 e. The Bertz CT molecular complexity index is 542. The lowest BCUT2D eigenvalue weighted by Crippen LogP contribution is -2.43. The molecule has 2 unspecified atom stereocenters. The van der Waals surface area contributed by atoms with Crippen LogP contribution in [0.4, 0.5) is 4.79 Å². The van der Waals surface area contributed by atoms with Crippen LogP contribution in [0.3, 0.4) is 0 Å². The van der Waals surface area contributed by atoms with Crippen molar-refractivity contribution in [3.05, 3.63) is 35.9 Å². The third-order valence-electron chi connectivity index (χ3n) is 3.21. The van der Waals surface area contributed by atoms with Gasteiger partial charge in [-0.25, -0.2) is 13.2 Å². The molecule has 6 heteroatoms. The van der Waals surface area contributed by atoms with Crippen LogP contribution in [0.2, 0.25) is 0 Å². The Kier molecular flexibility index (Phi) is 4.09. The first kappa shape index (κ1) is 13.9. The maximum absolute atomic E-state index is 11.8. The quantitative estimate of drug-likeness (QED) is 0.875. The summed E-state index contributed by atoms with van der Waals surface area (Å²) in [5.74, 6) is 0.201. The number of benzene rings is 1. The van der Waals surface area contributed by atoms with Gasteiger partial charge in [-0.05, 0) is 18.9 Å².